The van der Waals surface area contributed by atoms with Crippen LogP contribution in [0.3, 0.4) is 0 Å². The molecule has 3 N–H and O–H groups in total. The van der Waals surface area contributed by atoms with Crippen LogP contribution >= 0.6 is 15.9 Å². The van der Waals surface area contributed by atoms with Crippen molar-refractivity contribution in [2.24, 2.45) is 5.14 Å². The molecule has 23 heavy (non-hydrogen) atoms. The van der Waals surface area contributed by atoms with Crippen molar-refractivity contribution < 1.29 is 16.8 Å². The summed E-state index contributed by atoms with van der Waals surface area (Å²) in [4.78, 5) is -0.810. The molecule has 0 bridgehead atoms. The van der Waals surface area contributed by atoms with E-state index in [1.165, 1.54) is 12.1 Å². The molecule has 0 heterocycles. The largest absolute Gasteiger partial charge is 0.241 e. The number of benzene rings is 2. The van der Waals surface area contributed by atoms with Crippen LogP contribution in [0.5, 0.6) is 0 Å². The molecular formula is C14H15BrN2O4S2. The maximum atomic E-state index is 12.4. The van der Waals surface area contributed by atoms with E-state index >= 15 is 0 Å². The van der Waals surface area contributed by atoms with Crippen LogP contribution in [0.4, 0.5) is 0 Å². The Bertz CT molecular complexity index is 898. The molecule has 0 amide bonds. The van der Waals surface area contributed by atoms with E-state index in [4.69, 9.17) is 5.14 Å². The Balaban J connectivity index is 2.24. The van der Waals surface area contributed by atoms with E-state index in [9.17, 15) is 16.8 Å². The first kappa shape index (κ1) is 18.1. The summed E-state index contributed by atoms with van der Waals surface area (Å²) in [6, 6.07) is 13.1. The van der Waals surface area contributed by atoms with Gasteiger partial charge in [0, 0.05) is 11.0 Å². The maximum Gasteiger partial charge on any atom is 0.241 e. The third-order valence-electron chi connectivity index (χ3n) is 3.05. The summed E-state index contributed by atoms with van der Waals surface area (Å²) in [5, 5.41) is 5.09. The Morgan fingerprint density at radius 1 is 0.957 bits per heavy atom. The average Bonchev–Trinajstić information content (AvgIpc) is 2.47. The van der Waals surface area contributed by atoms with Gasteiger partial charge in [-0.25, -0.2) is 26.7 Å². The number of primary sulfonamides is 1. The van der Waals surface area contributed by atoms with E-state index in [0.717, 1.165) is 11.6 Å². The molecule has 0 atom stereocenters. The van der Waals surface area contributed by atoms with Crippen LogP contribution in [0.15, 0.2) is 62.8 Å². The standard InChI is InChI=1S/C14H15BrN2O4S2/c15-12-6-7-13(22(16,18)19)14(10-12)23(20,21)17-9-8-11-4-2-1-3-5-11/h1-7,10,17H,8-9H2,(H2,16,18,19). The second-order valence-corrected chi connectivity index (χ2v) is 8.95. The summed E-state index contributed by atoms with van der Waals surface area (Å²) in [6.45, 7) is 0.142. The second-order valence-electron chi connectivity index (χ2n) is 4.77. The fraction of sp³-hybridized carbons (Fsp3) is 0.143. The minimum atomic E-state index is -4.15. The minimum Gasteiger partial charge on any atom is -0.225 e. The highest BCUT2D eigenvalue weighted by Gasteiger charge is 2.24. The van der Waals surface area contributed by atoms with Gasteiger partial charge in [0.25, 0.3) is 0 Å². The first-order chi connectivity index (χ1) is 10.7. The van der Waals surface area contributed by atoms with Crippen LogP contribution in [0.25, 0.3) is 0 Å². The molecule has 0 aliphatic carbocycles. The molecule has 2 rings (SSSR count). The van der Waals surface area contributed by atoms with Crippen molar-refractivity contribution in [3.8, 4) is 0 Å². The smallest absolute Gasteiger partial charge is 0.225 e. The van der Waals surface area contributed by atoms with E-state index in [0.29, 0.717) is 10.9 Å². The van der Waals surface area contributed by atoms with Gasteiger partial charge in [-0.3, -0.25) is 0 Å². The molecule has 0 spiro atoms. The van der Waals surface area contributed by atoms with Gasteiger partial charge in [0.05, 0.1) is 0 Å². The van der Waals surface area contributed by atoms with Gasteiger partial charge in [-0.15, -0.1) is 0 Å². The summed E-state index contributed by atoms with van der Waals surface area (Å²) in [6.07, 6.45) is 0.485. The zero-order valence-electron chi connectivity index (χ0n) is 11.9. The van der Waals surface area contributed by atoms with Crippen LogP contribution in [0.1, 0.15) is 5.56 Å². The van der Waals surface area contributed by atoms with Gasteiger partial charge < -0.3 is 0 Å². The van der Waals surface area contributed by atoms with Gasteiger partial charge in [-0.05, 0) is 30.2 Å². The third kappa shape index (κ3) is 4.85. The van der Waals surface area contributed by atoms with E-state index < -0.39 is 24.9 Å². The maximum absolute atomic E-state index is 12.4. The van der Waals surface area contributed by atoms with E-state index in [1.807, 2.05) is 30.3 Å². The number of hydrogen-bond donors (Lipinski definition) is 2. The molecule has 0 aliphatic heterocycles. The van der Waals surface area contributed by atoms with E-state index in [1.54, 1.807) is 0 Å². The van der Waals surface area contributed by atoms with E-state index in [2.05, 4.69) is 20.7 Å². The molecule has 0 unspecified atom stereocenters. The number of nitrogens with one attached hydrogen (secondary N) is 1. The zero-order valence-corrected chi connectivity index (χ0v) is 15.2. The van der Waals surface area contributed by atoms with Crippen molar-refractivity contribution in [2.75, 3.05) is 6.54 Å². The topological polar surface area (TPSA) is 106 Å². The fourth-order valence-corrected chi connectivity index (χ4v) is 4.91. The normalized spacial score (nSPS) is 12.3. The summed E-state index contributed by atoms with van der Waals surface area (Å²) in [5.41, 5.74) is 0.969. The summed E-state index contributed by atoms with van der Waals surface area (Å²) in [7, 11) is -8.16. The molecule has 9 heteroatoms. The molecule has 0 saturated carbocycles. The highest BCUT2D eigenvalue weighted by molar-refractivity contribution is 9.10. The molecule has 0 radical (unpaired) electrons. The molecule has 6 nitrogen and oxygen atoms in total. The van der Waals surface area contributed by atoms with Gasteiger partial charge in [0.15, 0.2) is 0 Å². The van der Waals surface area contributed by atoms with Crippen LogP contribution in [-0.4, -0.2) is 23.4 Å². The Hall–Kier alpha value is -1.26. The number of sulfonamides is 2. The quantitative estimate of drug-likeness (QED) is 0.742. The van der Waals surface area contributed by atoms with Gasteiger partial charge in [-0.1, -0.05) is 46.3 Å². The SMILES string of the molecule is NS(=O)(=O)c1ccc(Br)cc1S(=O)(=O)NCCc1ccccc1. The Labute approximate surface area is 143 Å². The summed E-state index contributed by atoms with van der Waals surface area (Å²) < 4.78 is 50.8. The molecule has 0 saturated heterocycles. The fourth-order valence-electron chi connectivity index (χ4n) is 1.98. The van der Waals surface area contributed by atoms with Gasteiger partial charge >= 0.3 is 0 Å². The minimum absolute atomic E-state index is 0.142. The predicted molar refractivity (Wildman–Crippen MR) is 90.8 cm³/mol. The first-order valence-electron chi connectivity index (χ1n) is 6.56. The van der Waals surface area contributed by atoms with Crippen molar-refractivity contribution in [3.63, 3.8) is 0 Å². The number of rotatable bonds is 6. The van der Waals surface area contributed by atoms with Crippen LogP contribution in [0.2, 0.25) is 0 Å². The lowest BCUT2D eigenvalue weighted by Gasteiger charge is -2.11. The number of nitrogens with two attached hydrogens (primary N) is 1. The lowest BCUT2D eigenvalue weighted by Crippen LogP contribution is -2.28. The Kier molecular flexibility index (Phi) is 5.58. The van der Waals surface area contributed by atoms with Crippen LogP contribution in [-0.2, 0) is 26.5 Å². The Morgan fingerprint density at radius 2 is 1.61 bits per heavy atom. The number of halogens is 1. The molecule has 0 aromatic heterocycles. The highest BCUT2D eigenvalue weighted by Crippen LogP contribution is 2.24. The van der Waals surface area contributed by atoms with Crippen LogP contribution in [0, 0.1) is 0 Å². The highest BCUT2D eigenvalue weighted by atomic mass is 79.9. The molecule has 2 aromatic rings. The Morgan fingerprint density at radius 3 is 2.22 bits per heavy atom. The summed E-state index contributed by atoms with van der Waals surface area (Å²) in [5.74, 6) is 0. The summed E-state index contributed by atoms with van der Waals surface area (Å²) >= 11 is 3.13. The van der Waals surface area contributed by atoms with Crippen LogP contribution < -0.4 is 9.86 Å². The molecule has 0 aliphatic rings. The molecule has 124 valence electrons. The van der Waals surface area contributed by atoms with Crippen molar-refractivity contribution >= 4 is 36.0 Å². The monoisotopic (exact) mass is 418 g/mol. The molecule has 0 fully saturated rings. The molecular weight excluding hydrogens is 404 g/mol. The van der Waals surface area contributed by atoms with Crippen molar-refractivity contribution in [2.45, 2.75) is 16.2 Å². The molecule has 2 aromatic carbocycles. The van der Waals surface area contributed by atoms with Crippen molar-refractivity contribution in [1.82, 2.24) is 4.72 Å². The van der Waals surface area contributed by atoms with Gasteiger partial charge in [0.1, 0.15) is 9.79 Å². The van der Waals surface area contributed by atoms with Gasteiger partial charge in [-0.2, -0.15) is 0 Å². The van der Waals surface area contributed by atoms with Crippen molar-refractivity contribution in [1.29, 1.82) is 0 Å². The third-order valence-corrected chi connectivity index (χ3v) is 6.14. The predicted octanol–water partition coefficient (Wildman–Crippen LogP) is 1.62. The second kappa shape index (κ2) is 7.10. The lowest BCUT2D eigenvalue weighted by atomic mass is 10.2. The lowest BCUT2D eigenvalue weighted by molar-refractivity contribution is 0.573. The van der Waals surface area contributed by atoms with E-state index in [-0.39, 0.29) is 11.4 Å². The first-order valence-corrected chi connectivity index (χ1v) is 10.4. The number of hydrogen-bond acceptors (Lipinski definition) is 4. The average molecular weight is 419 g/mol. The van der Waals surface area contributed by atoms with Gasteiger partial charge in [0.2, 0.25) is 20.0 Å². The van der Waals surface area contributed by atoms with Crippen molar-refractivity contribution in [3.05, 3.63) is 58.6 Å². The zero-order chi connectivity index (χ0) is 17.1.